The molecule has 0 bridgehead atoms. The summed E-state index contributed by atoms with van der Waals surface area (Å²) in [4.78, 5) is 13.0. The molecule has 0 aliphatic heterocycles. The highest BCUT2D eigenvalue weighted by Gasteiger charge is 2.20. The van der Waals surface area contributed by atoms with Crippen LogP contribution in [0.5, 0.6) is 11.5 Å². The number of nitrogens with one attached hydrogen (secondary N) is 1. The van der Waals surface area contributed by atoms with E-state index in [1.165, 1.54) is 10.6 Å². The van der Waals surface area contributed by atoms with Crippen molar-refractivity contribution in [3.63, 3.8) is 0 Å². The maximum atomic E-state index is 13.0. The van der Waals surface area contributed by atoms with Crippen molar-refractivity contribution in [2.45, 2.75) is 53.1 Å². The van der Waals surface area contributed by atoms with Gasteiger partial charge in [0.2, 0.25) is 10.0 Å². The lowest BCUT2D eigenvalue weighted by atomic mass is 9.93. The molecule has 1 atom stereocenters. The van der Waals surface area contributed by atoms with Gasteiger partial charge in [-0.3, -0.25) is 9.10 Å². The maximum Gasteiger partial charge on any atom is 0.251 e. The first-order chi connectivity index (χ1) is 17.9. The first-order valence-electron chi connectivity index (χ1n) is 12.7. The lowest BCUT2D eigenvalue weighted by molar-refractivity contribution is 0.0939. The number of hydrogen-bond acceptors (Lipinski definition) is 5. The van der Waals surface area contributed by atoms with Crippen molar-refractivity contribution >= 4 is 21.6 Å². The molecule has 1 unspecified atom stereocenters. The fourth-order valence-electron chi connectivity index (χ4n) is 4.37. The van der Waals surface area contributed by atoms with Crippen molar-refractivity contribution < 1.29 is 22.7 Å². The minimum absolute atomic E-state index is 0.147. The number of anilines is 1. The summed E-state index contributed by atoms with van der Waals surface area (Å²) < 4.78 is 37.4. The van der Waals surface area contributed by atoms with E-state index in [-0.39, 0.29) is 24.4 Å². The van der Waals surface area contributed by atoms with E-state index >= 15 is 0 Å². The van der Waals surface area contributed by atoms with Gasteiger partial charge >= 0.3 is 0 Å². The van der Waals surface area contributed by atoms with E-state index in [0.29, 0.717) is 23.6 Å². The summed E-state index contributed by atoms with van der Waals surface area (Å²) in [6.45, 7) is 10.8. The zero-order chi connectivity index (χ0) is 28.0. The Kier molecular flexibility index (Phi) is 9.44. The van der Waals surface area contributed by atoms with Crippen LogP contribution in [0, 0.1) is 6.92 Å². The molecule has 0 saturated heterocycles. The van der Waals surface area contributed by atoms with Gasteiger partial charge < -0.3 is 14.8 Å². The molecule has 1 N–H and O–H groups in total. The fourth-order valence-corrected chi connectivity index (χ4v) is 5.26. The Balaban J connectivity index is 1.75. The molecular formula is C30H38N2O5S. The van der Waals surface area contributed by atoms with E-state index in [2.05, 4.69) is 25.2 Å². The number of nitrogens with zero attached hydrogens (tertiary/aromatic N) is 1. The molecule has 0 aromatic heterocycles. The summed E-state index contributed by atoms with van der Waals surface area (Å²) in [7, 11) is -1.86. The lowest BCUT2D eigenvalue weighted by Gasteiger charge is -2.23. The first-order valence-corrected chi connectivity index (χ1v) is 14.6. The number of benzene rings is 3. The number of amides is 1. The Morgan fingerprint density at radius 3 is 2.13 bits per heavy atom. The highest BCUT2D eigenvalue weighted by atomic mass is 32.2. The van der Waals surface area contributed by atoms with E-state index in [1.54, 1.807) is 55.6 Å². The Hall–Kier alpha value is -3.52. The Bertz CT molecular complexity index is 1350. The van der Waals surface area contributed by atoms with Crippen molar-refractivity contribution in [2.75, 3.05) is 24.3 Å². The van der Waals surface area contributed by atoms with E-state index < -0.39 is 10.0 Å². The van der Waals surface area contributed by atoms with Gasteiger partial charge in [0, 0.05) is 5.56 Å². The molecule has 0 heterocycles. The van der Waals surface area contributed by atoms with Crippen LogP contribution < -0.4 is 19.1 Å². The number of methoxy groups -OCH3 is 1. The topological polar surface area (TPSA) is 84.9 Å². The molecule has 204 valence electrons. The zero-order valence-corrected chi connectivity index (χ0v) is 24.1. The highest BCUT2D eigenvalue weighted by Crippen LogP contribution is 2.32. The predicted octanol–water partition coefficient (Wildman–Crippen LogP) is 5.98. The number of carbonyl (C=O) groups is 1. The van der Waals surface area contributed by atoms with Gasteiger partial charge in [0.25, 0.3) is 5.91 Å². The van der Waals surface area contributed by atoms with Crippen LogP contribution in [0.25, 0.3) is 0 Å². The number of hydrogen-bond donors (Lipinski definition) is 1. The Morgan fingerprint density at radius 1 is 0.974 bits per heavy atom. The molecule has 8 heteroatoms. The molecule has 1 amide bonds. The third-order valence-corrected chi connectivity index (χ3v) is 7.57. The van der Waals surface area contributed by atoms with E-state index in [4.69, 9.17) is 9.47 Å². The largest absolute Gasteiger partial charge is 0.496 e. The fraction of sp³-hybridized carbons (Fsp3) is 0.367. The van der Waals surface area contributed by atoms with E-state index in [0.717, 1.165) is 28.0 Å². The normalized spacial score (nSPS) is 12.2. The van der Waals surface area contributed by atoms with Crippen LogP contribution in [0.2, 0.25) is 0 Å². The first kappa shape index (κ1) is 29.0. The van der Waals surface area contributed by atoms with Gasteiger partial charge in [-0.2, -0.15) is 0 Å². The van der Waals surface area contributed by atoms with Crippen LogP contribution in [-0.2, 0) is 16.6 Å². The summed E-state index contributed by atoms with van der Waals surface area (Å²) in [5.41, 5.74) is 5.00. The monoisotopic (exact) mass is 538 g/mol. The smallest absolute Gasteiger partial charge is 0.251 e. The standard InChI is InChI=1S/C30H38N2O5S/c1-8-37-26-15-13-25(14-16-26)32(38(7,34)35)19-23-9-11-24(12-10-23)30(33)31-22(5)28-18-27(20(2)3)29(36-6)17-21(28)4/h9-18,20,22H,8,19H2,1-7H3,(H,31,33). The van der Waals surface area contributed by atoms with E-state index in [1.807, 2.05) is 26.8 Å². The molecular weight excluding hydrogens is 500 g/mol. The van der Waals surface area contributed by atoms with Crippen molar-refractivity contribution in [1.29, 1.82) is 0 Å². The average Bonchev–Trinajstić information content (AvgIpc) is 2.87. The number of rotatable bonds is 11. The minimum Gasteiger partial charge on any atom is -0.496 e. The van der Waals surface area contributed by atoms with Crippen molar-refractivity contribution in [2.24, 2.45) is 0 Å². The SMILES string of the molecule is CCOc1ccc(N(Cc2ccc(C(=O)NC(C)c3cc(C(C)C)c(OC)cc3C)cc2)S(C)(=O)=O)cc1. The molecule has 0 fully saturated rings. The van der Waals surface area contributed by atoms with Crippen molar-refractivity contribution in [1.82, 2.24) is 5.32 Å². The molecule has 38 heavy (non-hydrogen) atoms. The van der Waals surface area contributed by atoms with Crippen LogP contribution in [0.3, 0.4) is 0 Å². The second kappa shape index (κ2) is 12.3. The summed E-state index contributed by atoms with van der Waals surface area (Å²) in [6, 6.07) is 17.9. The van der Waals surface area contributed by atoms with Crippen LogP contribution >= 0.6 is 0 Å². The van der Waals surface area contributed by atoms with Gasteiger partial charge in [0.05, 0.1) is 38.2 Å². The molecule has 3 aromatic rings. The summed E-state index contributed by atoms with van der Waals surface area (Å²) >= 11 is 0. The van der Waals surface area contributed by atoms with Gasteiger partial charge in [-0.15, -0.1) is 0 Å². The molecule has 0 spiro atoms. The van der Waals surface area contributed by atoms with Crippen LogP contribution in [-0.4, -0.2) is 34.3 Å². The molecule has 0 radical (unpaired) electrons. The summed E-state index contributed by atoms with van der Waals surface area (Å²) in [5, 5.41) is 3.08. The van der Waals surface area contributed by atoms with Crippen molar-refractivity contribution in [3.05, 3.63) is 88.5 Å². The molecule has 0 aliphatic rings. The minimum atomic E-state index is -3.53. The van der Waals surface area contributed by atoms with Gasteiger partial charge in [-0.05, 0) is 97.5 Å². The third kappa shape index (κ3) is 7.07. The number of carbonyl (C=O) groups excluding carboxylic acids is 1. The Morgan fingerprint density at radius 2 is 1.61 bits per heavy atom. The number of aryl methyl sites for hydroxylation is 1. The van der Waals surface area contributed by atoms with Gasteiger partial charge in [-0.25, -0.2) is 8.42 Å². The van der Waals surface area contributed by atoms with Gasteiger partial charge in [0.15, 0.2) is 0 Å². The van der Waals surface area contributed by atoms with Crippen molar-refractivity contribution in [3.8, 4) is 11.5 Å². The third-order valence-electron chi connectivity index (χ3n) is 6.43. The van der Waals surface area contributed by atoms with Crippen LogP contribution in [0.15, 0.2) is 60.7 Å². The zero-order valence-electron chi connectivity index (χ0n) is 23.2. The lowest BCUT2D eigenvalue weighted by Crippen LogP contribution is -2.29. The number of sulfonamides is 1. The number of ether oxygens (including phenoxy) is 2. The van der Waals surface area contributed by atoms with Gasteiger partial charge in [-0.1, -0.05) is 26.0 Å². The molecule has 0 aliphatic carbocycles. The van der Waals surface area contributed by atoms with E-state index in [9.17, 15) is 13.2 Å². The highest BCUT2D eigenvalue weighted by molar-refractivity contribution is 7.92. The maximum absolute atomic E-state index is 13.0. The van der Waals surface area contributed by atoms with Gasteiger partial charge in [0.1, 0.15) is 11.5 Å². The second-order valence-corrected chi connectivity index (χ2v) is 11.6. The molecule has 3 aromatic carbocycles. The summed E-state index contributed by atoms with van der Waals surface area (Å²) in [6.07, 6.45) is 1.18. The predicted molar refractivity (Wildman–Crippen MR) is 153 cm³/mol. The Labute approximate surface area is 226 Å². The summed E-state index contributed by atoms with van der Waals surface area (Å²) in [5.74, 6) is 1.62. The molecule has 7 nitrogen and oxygen atoms in total. The molecule has 0 saturated carbocycles. The quantitative estimate of drug-likeness (QED) is 0.325. The second-order valence-electron chi connectivity index (χ2n) is 9.69. The molecule has 3 rings (SSSR count). The average molecular weight is 539 g/mol. The van der Waals surface area contributed by atoms with Crippen LogP contribution in [0.1, 0.15) is 72.3 Å². The van der Waals surface area contributed by atoms with Crippen LogP contribution in [0.4, 0.5) is 5.69 Å².